The molecule has 1 aliphatic rings. The van der Waals surface area contributed by atoms with E-state index in [0.717, 1.165) is 61.5 Å². The Balaban J connectivity index is 1.30. The number of oxazole rings is 1. The van der Waals surface area contributed by atoms with Crippen molar-refractivity contribution in [1.29, 1.82) is 0 Å². The lowest BCUT2D eigenvalue weighted by atomic mass is 10.2. The highest BCUT2D eigenvalue weighted by molar-refractivity contribution is 6.30. The summed E-state index contributed by atoms with van der Waals surface area (Å²) in [5, 5.41) is 0.724. The van der Waals surface area contributed by atoms with Crippen LogP contribution in [0.5, 0.6) is 0 Å². The predicted octanol–water partition coefficient (Wildman–Crippen LogP) is 4.31. The third kappa shape index (κ3) is 4.33. The van der Waals surface area contributed by atoms with E-state index < -0.39 is 0 Å². The van der Waals surface area contributed by atoms with Crippen molar-refractivity contribution in [2.45, 2.75) is 13.1 Å². The quantitative estimate of drug-likeness (QED) is 0.672. The van der Waals surface area contributed by atoms with Crippen LogP contribution in [0.15, 0.2) is 65.2 Å². The monoisotopic (exact) mass is 367 g/mol. The largest absolute Gasteiger partial charge is 0.439 e. The molecule has 0 unspecified atom stereocenters. The smallest absolute Gasteiger partial charge is 0.209 e. The summed E-state index contributed by atoms with van der Waals surface area (Å²) in [7, 11) is 0. The molecule has 0 bridgehead atoms. The van der Waals surface area contributed by atoms with Crippen LogP contribution < -0.4 is 0 Å². The van der Waals surface area contributed by atoms with Gasteiger partial charge >= 0.3 is 0 Å². The summed E-state index contributed by atoms with van der Waals surface area (Å²) in [6, 6.07) is 18.3. The summed E-state index contributed by atoms with van der Waals surface area (Å²) in [5.74, 6) is 1.56. The zero-order chi connectivity index (χ0) is 17.8. The zero-order valence-electron chi connectivity index (χ0n) is 14.6. The maximum Gasteiger partial charge on any atom is 0.209 e. The molecule has 2 aromatic carbocycles. The number of nitrogens with zero attached hydrogens (tertiary/aromatic N) is 3. The molecule has 0 radical (unpaired) electrons. The van der Waals surface area contributed by atoms with Crippen LogP contribution in [0.1, 0.15) is 11.5 Å². The van der Waals surface area contributed by atoms with E-state index in [1.165, 1.54) is 5.56 Å². The van der Waals surface area contributed by atoms with Crippen molar-refractivity contribution in [3.63, 3.8) is 0 Å². The van der Waals surface area contributed by atoms with E-state index in [9.17, 15) is 0 Å². The maximum atomic E-state index is 5.94. The highest BCUT2D eigenvalue weighted by Gasteiger charge is 2.19. The fourth-order valence-electron chi connectivity index (χ4n) is 3.27. The van der Waals surface area contributed by atoms with E-state index in [1.807, 2.05) is 24.3 Å². The van der Waals surface area contributed by atoms with Crippen molar-refractivity contribution in [2.75, 3.05) is 26.2 Å². The Morgan fingerprint density at radius 1 is 0.846 bits per heavy atom. The SMILES string of the molecule is Clc1ccc(-c2cnc(CN3CCN(Cc4ccccc4)CC3)o2)cc1. The van der Waals surface area contributed by atoms with E-state index >= 15 is 0 Å². The minimum absolute atomic E-state index is 0.724. The Kier molecular flexibility index (Phi) is 5.34. The lowest BCUT2D eigenvalue weighted by molar-refractivity contribution is 0.114. The lowest BCUT2D eigenvalue weighted by Gasteiger charge is -2.34. The summed E-state index contributed by atoms with van der Waals surface area (Å²) in [6.07, 6.45) is 1.80. The predicted molar refractivity (Wildman–Crippen MR) is 104 cm³/mol. The van der Waals surface area contributed by atoms with E-state index in [1.54, 1.807) is 6.20 Å². The molecule has 1 aliphatic heterocycles. The number of rotatable bonds is 5. The highest BCUT2D eigenvalue weighted by Crippen LogP contribution is 2.23. The molecular formula is C21H22ClN3O. The number of halogens is 1. The molecule has 0 aliphatic carbocycles. The van der Waals surface area contributed by atoms with E-state index in [-0.39, 0.29) is 0 Å². The van der Waals surface area contributed by atoms with Crippen LogP contribution in [-0.2, 0) is 13.1 Å². The Hall–Kier alpha value is -2.14. The molecule has 1 saturated heterocycles. The summed E-state index contributed by atoms with van der Waals surface area (Å²) in [5.41, 5.74) is 2.38. The van der Waals surface area contributed by atoms with Crippen LogP contribution in [0.4, 0.5) is 0 Å². The van der Waals surface area contributed by atoms with E-state index in [0.29, 0.717) is 0 Å². The molecule has 2 heterocycles. The van der Waals surface area contributed by atoms with E-state index in [2.05, 4.69) is 45.1 Å². The Bertz CT molecular complexity index is 824. The molecule has 26 heavy (non-hydrogen) atoms. The van der Waals surface area contributed by atoms with Crippen molar-refractivity contribution >= 4 is 11.6 Å². The van der Waals surface area contributed by atoms with E-state index in [4.69, 9.17) is 16.0 Å². The Morgan fingerprint density at radius 2 is 1.50 bits per heavy atom. The molecule has 4 nitrogen and oxygen atoms in total. The maximum absolute atomic E-state index is 5.94. The van der Waals surface area contributed by atoms with Crippen LogP contribution >= 0.6 is 11.6 Å². The molecule has 134 valence electrons. The van der Waals surface area contributed by atoms with Gasteiger partial charge in [0.15, 0.2) is 5.76 Å². The second-order valence-corrected chi connectivity index (χ2v) is 7.10. The van der Waals surface area contributed by atoms with Gasteiger partial charge in [0, 0.05) is 43.3 Å². The van der Waals surface area contributed by atoms with Gasteiger partial charge in [0.05, 0.1) is 12.7 Å². The van der Waals surface area contributed by atoms with Gasteiger partial charge in [-0.1, -0.05) is 41.9 Å². The first kappa shape index (κ1) is 17.3. The topological polar surface area (TPSA) is 32.5 Å². The van der Waals surface area contributed by atoms with Crippen molar-refractivity contribution in [2.24, 2.45) is 0 Å². The van der Waals surface area contributed by atoms with Gasteiger partial charge in [-0.2, -0.15) is 0 Å². The fourth-order valence-corrected chi connectivity index (χ4v) is 3.40. The average Bonchev–Trinajstić information content (AvgIpc) is 3.13. The molecule has 0 amide bonds. The first-order valence-corrected chi connectivity index (χ1v) is 9.33. The van der Waals surface area contributed by atoms with Gasteiger partial charge in [-0.3, -0.25) is 9.80 Å². The number of benzene rings is 2. The van der Waals surface area contributed by atoms with Gasteiger partial charge in [-0.05, 0) is 29.8 Å². The minimum atomic E-state index is 0.724. The number of piperazine rings is 1. The highest BCUT2D eigenvalue weighted by atomic mass is 35.5. The minimum Gasteiger partial charge on any atom is -0.439 e. The molecule has 0 spiro atoms. The lowest BCUT2D eigenvalue weighted by Crippen LogP contribution is -2.45. The second kappa shape index (κ2) is 8.04. The standard InChI is InChI=1S/C21H22ClN3O/c22-19-8-6-18(7-9-19)20-14-23-21(26-20)16-25-12-10-24(11-13-25)15-17-4-2-1-3-5-17/h1-9,14H,10-13,15-16H2. The number of hydrogen-bond donors (Lipinski definition) is 0. The van der Waals surface area contributed by atoms with Gasteiger partial charge in [-0.15, -0.1) is 0 Å². The summed E-state index contributed by atoms with van der Waals surface area (Å²) in [4.78, 5) is 9.34. The van der Waals surface area contributed by atoms with Crippen molar-refractivity contribution in [1.82, 2.24) is 14.8 Å². The summed E-state index contributed by atoms with van der Waals surface area (Å²) >= 11 is 5.94. The van der Waals surface area contributed by atoms with Crippen molar-refractivity contribution in [3.8, 4) is 11.3 Å². The fraction of sp³-hybridized carbons (Fsp3) is 0.286. The zero-order valence-corrected chi connectivity index (χ0v) is 15.4. The molecule has 0 N–H and O–H groups in total. The summed E-state index contributed by atoms with van der Waals surface area (Å²) < 4.78 is 5.93. The van der Waals surface area contributed by atoms with Crippen LogP contribution in [0, 0.1) is 0 Å². The van der Waals surface area contributed by atoms with Gasteiger partial charge in [0.1, 0.15) is 0 Å². The third-order valence-corrected chi connectivity index (χ3v) is 5.01. The Morgan fingerprint density at radius 3 is 2.19 bits per heavy atom. The third-order valence-electron chi connectivity index (χ3n) is 4.76. The first-order chi connectivity index (χ1) is 12.8. The average molecular weight is 368 g/mol. The molecule has 0 atom stereocenters. The molecule has 5 heteroatoms. The van der Waals surface area contributed by atoms with Crippen LogP contribution in [0.2, 0.25) is 5.02 Å². The van der Waals surface area contributed by atoms with Crippen molar-refractivity contribution < 1.29 is 4.42 Å². The number of hydrogen-bond acceptors (Lipinski definition) is 4. The normalized spacial score (nSPS) is 16.0. The first-order valence-electron chi connectivity index (χ1n) is 8.95. The second-order valence-electron chi connectivity index (χ2n) is 6.66. The molecule has 4 rings (SSSR count). The molecule has 3 aromatic rings. The molecule has 1 aromatic heterocycles. The Labute approximate surface area is 159 Å². The van der Waals surface area contributed by atoms with Gasteiger partial charge in [-0.25, -0.2) is 4.98 Å². The van der Waals surface area contributed by atoms with Crippen LogP contribution in [-0.4, -0.2) is 41.0 Å². The van der Waals surface area contributed by atoms with Crippen molar-refractivity contribution in [3.05, 3.63) is 77.3 Å². The summed E-state index contributed by atoms with van der Waals surface area (Å²) in [6.45, 7) is 5.98. The van der Waals surface area contributed by atoms with Crippen LogP contribution in [0.3, 0.4) is 0 Å². The molecule has 0 saturated carbocycles. The van der Waals surface area contributed by atoms with Gasteiger partial charge < -0.3 is 4.42 Å². The van der Waals surface area contributed by atoms with Crippen LogP contribution in [0.25, 0.3) is 11.3 Å². The molecular weight excluding hydrogens is 346 g/mol. The van der Waals surface area contributed by atoms with Gasteiger partial charge in [0.2, 0.25) is 5.89 Å². The van der Waals surface area contributed by atoms with Gasteiger partial charge in [0.25, 0.3) is 0 Å². The molecule has 1 fully saturated rings. The number of aromatic nitrogens is 1.